The van der Waals surface area contributed by atoms with Crippen molar-refractivity contribution in [3.63, 3.8) is 0 Å². The van der Waals surface area contributed by atoms with Crippen molar-refractivity contribution >= 4 is 22.8 Å². The zero-order valence-electron chi connectivity index (χ0n) is 11.7. The molecule has 0 spiro atoms. The van der Waals surface area contributed by atoms with Gasteiger partial charge in [0.25, 0.3) is 5.91 Å². The van der Waals surface area contributed by atoms with E-state index < -0.39 is 17.4 Å². The number of hydrogen-bond acceptors (Lipinski definition) is 3. The fourth-order valence-corrected chi connectivity index (χ4v) is 2.16. The Kier molecular flexibility index (Phi) is 3.48. The maximum atomic E-state index is 12.6. The summed E-state index contributed by atoms with van der Waals surface area (Å²) >= 11 is 0. The molecule has 2 rings (SSSR count). The second-order valence-corrected chi connectivity index (χ2v) is 5.03. The van der Waals surface area contributed by atoms with Crippen LogP contribution in [0.5, 0.6) is 0 Å². The Morgan fingerprint density at radius 2 is 2.00 bits per heavy atom. The number of nitrogens with one attached hydrogen (secondary N) is 1. The van der Waals surface area contributed by atoms with Gasteiger partial charge in [0, 0.05) is 11.9 Å². The number of carbonyl (C=O) groups is 2. The Balaban J connectivity index is 2.46. The number of nitrogens with zero attached hydrogens (tertiary/aromatic N) is 2. The number of rotatable bonds is 4. The number of carboxylic acids is 1. The lowest BCUT2D eigenvalue weighted by atomic mass is 10.0. The second-order valence-electron chi connectivity index (χ2n) is 5.03. The first kappa shape index (κ1) is 14.0. The van der Waals surface area contributed by atoms with Gasteiger partial charge in [0.2, 0.25) is 0 Å². The Morgan fingerprint density at radius 1 is 1.35 bits per heavy atom. The number of para-hydroxylation sites is 1. The molecular weight excluding hydrogens is 258 g/mol. The van der Waals surface area contributed by atoms with Crippen molar-refractivity contribution in [3.8, 4) is 0 Å². The van der Waals surface area contributed by atoms with Gasteiger partial charge < -0.3 is 10.0 Å². The fourth-order valence-electron chi connectivity index (χ4n) is 2.16. The first-order valence-corrected chi connectivity index (χ1v) is 6.38. The lowest BCUT2D eigenvalue weighted by molar-refractivity contribution is -0.147. The van der Waals surface area contributed by atoms with Gasteiger partial charge in [-0.1, -0.05) is 18.2 Å². The molecule has 0 fully saturated rings. The first-order valence-electron chi connectivity index (χ1n) is 6.38. The highest BCUT2D eigenvalue weighted by Gasteiger charge is 2.38. The molecule has 0 atom stereocenters. The molecule has 1 heterocycles. The van der Waals surface area contributed by atoms with Crippen molar-refractivity contribution < 1.29 is 14.7 Å². The summed E-state index contributed by atoms with van der Waals surface area (Å²) in [5, 5.41) is 16.8. The minimum atomic E-state index is -1.29. The molecular formula is C14H17N3O3. The van der Waals surface area contributed by atoms with Crippen molar-refractivity contribution in [2.24, 2.45) is 0 Å². The van der Waals surface area contributed by atoms with Crippen molar-refractivity contribution in [3.05, 3.63) is 30.0 Å². The normalized spacial score (nSPS) is 11.6. The molecule has 0 unspecified atom stereocenters. The lowest BCUT2D eigenvalue weighted by Crippen LogP contribution is -2.53. The molecule has 1 aromatic carbocycles. The predicted molar refractivity (Wildman–Crippen MR) is 74.5 cm³/mol. The maximum absolute atomic E-state index is 12.6. The van der Waals surface area contributed by atoms with Gasteiger partial charge in [0.15, 0.2) is 5.69 Å². The summed E-state index contributed by atoms with van der Waals surface area (Å²) in [6.45, 7) is 5.05. The van der Waals surface area contributed by atoms with E-state index in [1.54, 1.807) is 13.0 Å². The van der Waals surface area contributed by atoms with Crippen LogP contribution < -0.4 is 0 Å². The van der Waals surface area contributed by atoms with Crippen LogP contribution in [0, 0.1) is 0 Å². The lowest BCUT2D eigenvalue weighted by Gasteiger charge is -2.33. The third-order valence-corrected chi connectivity index (χ3v) is 3.43. The monoisotopic (exact) mass is 275 g/mol. The Morgan fingerprint density at radius 3 is 2.60 bits per heavy atom. The van der Waals surface area contributed by atoms with Crippen LogP contribution in [0.3, 0.4) is 0 Å². The molecule has 6 heteroatoms. The fraction of sp³-hybridized carbons (Fsp3) is 0.357. The second kappa shape index (κ2) is 4.96. The number of hydrogen-bond donors (Lipinski definition) is 2. The number of fused-ring (bicyclic) bond motifs is 1. The average Bonchev–Trinajstić information content (AvgIpc) is 2.82. The molecule has 0 bridgehead atoms. The van der Waals surface area contributed by atoms with E-state index >= 15 is 0 Å². The van der Waals surface area contributed by atoms with Crippen molar-refractivity contribution in [1.29, 1.82) is 0 Å². The molecule has 0 aliphatic carbocycles. The van der Waals surface area contributed by atoms with Crippen LogP contribution >= 0.6 is 0 Å². The van der Waals surface area contributed by atoms with Gasteiger partial charge in [0.1, 0.15) is 5.54 Å². The molecule has 0 radical (unpaired) electrons. The minimum Gasteiger partial charge on any atom is -0.480 e. The average molecular weight is 275 g/mol. The smallest absolute Gasteiger partial charge is 0.329 e. The van der Waals surface area contributed by atoms with Gasteiger partial charge in [-0.3, -0.25) is 9.89 Å². The van der Waals surface area contributed by atoms with Crippen LogP contribution in [0.2, 0.25) is 0 Å². The van der Waals surface area contributed by atoms with Crippen molar-refractivity contribution in [2.75, 3.05) is 6.54 Å². The highest BCUT2D eigenvalue weighted by atomic mass is 16.4. The summed E-state index contributed by atoms with van der Waals surface area (Å²) < 4.78 is 0. The summed E-state index contributed by atoms with van der Waals surface area (Å²) in [7, 11) is 0. The van der Waals surface area contributed by atoms with Crippen LogP contribution in [0.25, 0.3) is 10.9 Å². The van der Waals surface area contributed by atoms with Crippen molar-refractivity contribution in [2.45, 2.75) is 26.3 Å². The molecule has 2 N–H and O–H groups in total. The number of aromatic amines is 1. The van der Waals surface area contributed by atoms with Gasteiger partial charge in [-0.25, -0.2) is 4.79 Å². The molecule has 0 aliphatic heterocycles. The zero-order valence-corrected chi connectivity index (χ0v) is 11.7. The number of aromatic nitrogens is 2. The van der Waals surface area contributed by atoms with Crippen LogP contribution in [0.15, 0.2) is 24.3 Å². The molecule has 1 amide bonds. The highest BCUT2D eigenvalue weighted by molar-refractivity contribution is 6.06. The highest BCUT2D eigenvalue weighted by Crippen LogP contribution is 2.22. The number of aliphatic carboxylic acids is 1. The van der Waals surface area contributed by atoms with Gasteiger partial charge >= 0.3 is 5.97 Å². The van der Waals surface area contributed by atoms with Crippen LogP contribution in [0.1, 0.15) is 31.3 Å². The molecule has 20 heavy (non-hydrogen) atoms. The van der Waals surface area contributed by atoms with E-state index in [0.717, 1.165) is 5.52 Å². The molecule has 0 aliphatic rings. The Bertz CT molecular complexity index is 660. The Labute approximate surface area is 116 Å². The van der Waals surface area contributed by atoms with Crippen LogP contribution in [-0.2, 0) is 4.79 Å². The molecule has 0 saturated heterocycles. The van der Waals surface area contributed by atoms with E-state index in [0.29, 0.717) is 11.9 Å². The van der Waals surface area contributed by atoms with Gasteiger partial charge in [0.05, 0.1) is 5.52 Å². The molecule has 106 valence electrons. The zero-order chi connectivity index (χ0) is 14.9. The van der Waals surface area contributed by atoms with E-state index in [-0.39, 0.29) is 5.69 Å². The summed E-state index contributed by atoms with van der Waals surface area (Å²) in [5.74, 6) is -1.44. The molecule has 0 saturated carbocycles. The summed E-state index contributed by atoms with van der Waals surface area (Å²) in [6, 6.07) is 7.26. The number of likely N-dealkylation sites (N-methyl/N-ethyl adjacent to an activating group) is 1. The summed E-state index contributed by atoms with van der Waals surface area (Å²) in [6.07, 6.45) is 0. The predicted octanol–water partition coefficient (Wildman–Crippen LogP) is 1.89. The maximum Gasteiger partial charge on any atom is 0.329 e. The van der Waals surface area contributed by atoms with Gasteiger partial charge in [-0.2, -0.15) is 5.10 Å². The largest absolute Gasteiger partial charge is 0.480 e. The first-order chi connectivity index (χ1) is 9.39. The third-order valence-electron chi connectivity index (χ3n) is 3.43. The van der Waals surface area contributed by atoms with Crippen LogP contribution in [0.4, 0.5) is 0 Å². The van der Waals surface area contributed by atoms with Gasteiger partial charge in [-0.15, -0.1) is 0 Å². The molecule has 6 nitrogen and oxygen atoms in total. The van der Waals surface area contributed by atoms with Crippen LogP contribution in [-0.4, -0.2) is 44.2 Å². The van der Waals surface area contributed by atoms with E-state index in [2.05, 4.69) is 10.2 Å². The minimum absolute atomic E-state index is 0.247. The van der Waals surface area contributed by atoms with E-state index in [1.165, 1.54) is 18.7 Å². The Hall–Kier alpha value is -2.37. The SMILES string of the molecule is CCN(C(=O)c1n[nH]c2ccccc12)C(C)(C)C(=O)O. The van der Waals surface area contributed by atoms with E-state index in [9.17, 15) is 14.7 Å². The number of amides is 1. The van der Waals surface area contributed by atoms with Gasteiger partial charge in [-0.05, 0) is 26.8 Å². The molecule has 2 aromatic rings. The topological polar surface area (TPSA) is 86.3 Å². The third kappa shape index (κ3) is 2.13. The number of carbonyl (C=O) groups excluding carboxylic acids is 1. The van der Waals surface area contributed by atoms with E-state index in [4.69, 9.17) is 0 Å². The number of H-pyrrole nitrogens is 1. The number of carboxylic acid groups (broad SMARTS) is 1. The molecule has 1 aromatic heterocycles. The van der Waals surface area contributed by atoms with Crippen molar-refractivity contribution in [1.82, 2.24) is 15.1 Å². The summed E-state index contributed by atoms with van der Waals surface area (Å²) in [5.41, 5.74) is -0.289. The summed E-state index contributed by atoms with van der Waals surface area (Å²) in [4.78, 5) is 25.2. The quantitative estimate of drug-likeness (QED) is 0.892. The number of benzene rings is 1. The van der Waals surface area contributed by atoms with E-state index in [1.807, 2.05) is 18.2 Å². The standard InChI is InChI=1S/C14H17N3O3/c1-4-17(14(2,3)13(19)20)12(18)11-9-7-5-6-8-10(9)15-16-11/h5-8H,4H2,1-3H3,(H,15,16)(H,19,20).